The minimum Gasteiger partial charge on any atom is -0.391 e. The van der Waals surface area contributed by atoms with Gasteiger partial charge in [-0.1, -0.05) is 13.0 Å². The number of aryl methyl sites for hydroxylation is 1. The zero-order valence-corrected chi connectivity index (χ0v) is 10.4. The van der Waals surface area contributed by atoms with Gasteiger partial charge in [0.25, 0.3) is 0 Å². The van der Waals surface area contributed by atoms with Crippen molar-refractivity contribution < 1.29 is 9.84 Å². The molecule has 0 aliphatic heterocycles. The first-order chi connectivity index (χ1) is 8.27. The maximum absolute atomic E-state index is 9.69. The van der Waals surface area contributed by atoms with Gasteiger partial charge >= 0.3 is 0 Å². The number of hydrogen-bond acceptors (Lipinski definition) is 4. The topological polar surface area (TPSA) is 60.2 Å². The zero-order chi connectivity index (χ0) is 12.5. The molecule has 0 fully saturated rings. The molecule has 5 nitrogen and oxygen atoms in total. The van der Waals surface area contributed by atoms with Crippen LogP contribution in [0.15, 0.2) is 19.0 Å². The molecule has 0 aromatic carbocycles. The van der Waals surface area contributed by atoms with Crippen LogP contribution in [-0.2, 0) is 17.7 Å². The number of ether oxygens (including phenoxy) is 1. The van der Waals surface area contributed by atoms with E-state index in [9.17, 15) is 5.11 Å². The SMILES string of the molecule is C=CCn1cnnc1CC[C@@H](O)COCCC. The highest BCUT2D eigenvalue weighted by molar-refractivity contribution is 4.89. The second-order valence-electron chi connectivity index (χ2n) is 3.96. The lowest BCUT2D eigenvalue weighted by molar-refractivity contribution is 0.0327. The molecule has 0 bridgehead atoms. The van der Waals surface area contributed by atoms with E-state index in [0.29, 0.717) is 32.6 Å². The lowest BCUT2D eigenvalue weighted by Crippen LogP contribution is -2.17. The van der Waals surface area contributed by atoms with Gasteiger partial charge in [0, 0.05) is 19.6 Å². The van der Waals surface area contributed by atoms with Crippen molar-refractivity contribution in [1.29, 1.82) is 0 Å². The number of aliphatic hydroxyl groups excluding tert-OH is 1. The van der Waals surface area contributed by atoms with Gasteiger partial charge in [-0.15, -0.1) is 16.8 Å². The van der Waals surface area contributed by atoms with E-state index in [1.165, 1.54) is 0 Å². The number of rotatable bonds is 9. The van der Waals surface area contributed by atoms with Crippen molar-refractivity contribution in [3.8, 4) is 0 Å². The summed E-state index contributed by atoms with van der Waals surface area (Å²) in [6.07, 6.45) is 5.35. The molecule has 5 heteroatoms. The normalized spacial score (nSPS) is 12.6. The Kier molecular flexibility index (Phi) is 6.50. The summed E-state index contributed by atoms with van der Waals surface area (Å²) in [5, 5.41) is 17.6. The molecule has 0 spiro atoms. The van der Waals surface area contributed by atoms with Gasteiger partial charge in [0.2, 0.25) is 0 Å². The largest absolute Gasteiger partial charge is 0.391 e. The van der Waals surface area contributed by atoms with E-state index in [-0.39, 0.29) is 0 Å². The highest BCUT2D eigenvalue weighted by atomic mass is 16.5. The molecule has 1 aromatic rings. The Morgan fingerprint density at radius 2 is 2.47 bits per heavy atom. The van der Waals surface area contributed by atoms with Crippen LogP contribution in [0.4, 0.5) is 0 Å². The van der Waals surface area contributed by atoms with Crippen molar-refractivity contribution in [2.75, 3.05) is 13.2 Å². The molecule has 96 valence electrons. The fourth-order valence-corrected chi connectivity index (χ4v) is 1.51. The number of hydrogen-bond donors (Lipinski definition) is 1. The van der Waals surface area contributed by atoms with Gasteiger partial charge in [-0.05, 0) is 12.8 Å². The Hall–Kier alpha value is -1.20. The molecule has 1 atom stereocenters. The molecule has 0 saturated carbocycles. The molecule has 0 saturated heterocycles. The summed E-state index contributed by atoms with van der Waals surface area (Å²) in [6, 6.07) is 0. The summed E-state index contributed by atoms with van der Waals surface area (Å²) < 4.78 is 7.21. The van der Waals surface area contributed by atoms with Crippen molar-refractivity contribution in [2.24, 2.45) is 0 Å². The van der Waals surface area contributed by atoms with Gasteiger partial charge in [-0.25, -0.2) is 0 Å². The lowest BCUT2D eigenvalue weighted by Gasteiger charge is -2.10. The molecule has 1 N–H and O–H groups in total. The fraction of sp³-hybridized carbons (Fsp3) is 0.667. The average molecular weight is 239 g/mol. The smallest absolute Gasteiger partial charge is 0.133 e. The second kappa shape index (κ2) is 7.97. The molecule has 17 heavy (non-hydrogen) atoms. The van der Waals surface area contributed by atoms with Crippen LogP contribution in [0.5, 0.6) is 0 Å². The predicted octanol–water partition coefficient (Wildman–Crippen LogP) is 1.18. The highest BCUT2D eigenvalue weighted by Crippen LogP contribution is 2.03. The molecule has 0 radical (unpaired) electrons. The number of aliphatic hydroxyl groups is 1. The van der Waals surface area contributed by atoms with Gasteiger partial charge in [-0.2, -0.15) is 0 Å². The average Bonchev–Trinajstić information content (AvgIpc) is 2.75. The van der Waals surface area contributed by atoms with E-state index in [2.05, 4.69) is 16.8 Å². The van der Waals surface area contributed by atoms with Gasteiger partial charge in [0.15, 0.2) is 0 Å². The van der Waals surface area contributed by atoms with Crippen molar-refractivity contribution in [3.05, 3.63) is 24.8 Å². The Bertz CT molecular complexity index is 325. The van der Waals surface area contributed by atoms with Crippen molar-refractivity contribution in [1.82, 2.24) is 14.8 Å². The minimum absolute atomic E-state index is 0.392. The molecule has 0 amide bonds. The van der Waals surface area contributed by atoms with Crippen molar-refractivity contribution in [3.63, 3.8) is 0 Å². The third-order valence-electron chi connectivity index (χ3n) is 2.38. The molecule has 0 aliphatic rings. The molecule has 0 aliphatic carbocycles. The monoisotopic (exact) mass is 239 g/mol. The lowest BCUT2D eigenvalue weighted by atomic mass is 10.2. The quantitative estimate of drug-likeness (QED) is 0.519. The summed E-state index contributed by atoms with van der Waals surface area (Å²) in [5.41, 5.74) is 0. The summed E-state index contributed by atoms with van der Waals surface area (Å²) in [6.45, 7) is 7.51. The molecular formula is C12H21N3O2. The Morgan fingerprint density at radius 3 is 3.18 bits per heavy atom. The fourth-order valence-electron chi connectivity index (χ4n) is 1.51. The van der Waals surface area contributed by atoms with E-state index >= 15 is 0 Å². The first-order valence-electron chi connectivity index (χ1n) is 6.01. The van der Waals surface area contributed by atoms with Crippen LogP contribution in [0.2, 0.25) is 0 Å². The molecule has 0 unspecified atom stereocenters. The van der Waals surface area contributed by atoms with Crippen LogP contribution < -0.4 is 0 Å². The summed E-state index contributed by atoms with van der Waals surface area (Å²) in [7, 11) is 0. The van der Waals surface area contributed by atoms with Crippen LogP contribution in [0.1, 0.15) is 25.6 Å². The molecule has 1 heterocycles. The Labute approximate surface area is 102 Å². The number of nitrogens with zero attached hydrogens (tertiary/aromatic N) is 3. The molecule has 1 aromatic heterocycles. The summed E-state index contributed by atoms with van der Waals surface area (Å²) >= 11 is 0. The first kappa shape index (κ1) is 13.9. The van der Waals surface area contributed by atoms with Gasteiger partial charge in [0.05, 0.1) is 12.7 Å². The van der Waals surface area contributed by atoms with Crippen molar-refractivity contribution >= 4 is 0 Å². The Balaban J connectivity index is 2.28. The number of aromatic nitrogens is 3. The Morgan fingerprint density at radius 1 is 1.65 bits per heavy atom. The maximum Gasteiger partial charge on any atom is 0.133 e. The van der Waals surface area contributed by atoms with Crippen molar-refractivity contribution in [2.45, 2.75) is 38.8 Å². The van der Waals surface area contributed by atoms with Crippen LogP contribution in [-0.4, -0.2) is 39.2 Å². The van der Waals surface area contributed by atoms with Crippen LogP contribution in [0.3, 0.4) is 0 Å². The highest BCUT2D eigenvalue weighted by Gasteiger charge is 2.08. The van der Waals surface area contributed by atoms with E-state index in [1.807, 2.05) is 11.5 Å². The second-order valence-corrected chi connectivity index (χ2v) is 3.96. The van der Waals surface area contributed by atoms with Gasteiger partial charge < -0.3 is 14.4 Å². The molecule has 1 rings (SSSR count). The standard InChI is InChI=1S/C12H21N3O2/c1-3-7-15-10-13-14-12(15)6-5-11(16)9-17-8-4-2/h3,10-11,16H,1,4-9H2,2H3/t11-/m1/s1. The summed E-state index contributed by atoms with van der Waals surface area (Å²) in [5.74, 6) is 0.874. The van der Waals surface area contributed by atoms with E-state index in [1.54, 1.807) is 12.4 Å². The maximum atomic E-state index is 9.69. The van der Waals surface area contributed by atoms with E-state index < -0.39 is 6.10 Å². The zero-order valence-electron chi connectivity index (χ0n) is 10.4. The van der Waals surface area contributed by atoms with Gasteiger partial charge in [0.1, 0.15) is 12.2 Å². The summed E-state index contributed by atoms with van der Waals surface area (Å²) in [4.78, 5) is 0. The molecular weight excluding hydrogens is 218 g/mol. The minimum atomic E-state index is -0.435. The van der Waals surface area contributed by atoms with Crippen LogP contribution >= 0.6 is 0 Å². The predicted molar refractivity (Wildman–Crippen MR) is 65.7 cm³/mol. The third kappa shape index (κ3) is 5.10. The van der Waals surface area contributed by atoms with Crippen LogP contribution in [0.25, 0.3) is 0 Å². The third-order valence-corrected chi connectivity index (χ3v) is 2.38. The van der Waals surface area contributed by atoms with Gasteiger partial charge in [-0.3, -0.25) is 0 Å². The van der Waals surface area contributed by atoms with E-state index in [4.69, 9.17) is 4.74 Å². The van der Waals surface area contributed by atoms with Crippen LogP contribution in [0, 0.1) is 0 Å². The van der Waals surface area contributed by atoms with E-state index in [0.717, 1.165) is 12.2 Å². The number of allylic oxidation sites excluding steroid dienone is 1. The first-order valence-corrected chi connectivity index (χ1v) is 6.01.